The zero-order chi connectivity index (χ0) is 14.8. The Morgan fingerprint density at radius 3 is 1.85 bits per heavy atom. The number of nitrogens with two attached hydrogens (primary N) is 1. The van der Waals surface area contributed by atoms with E-state index in [1.807, 2.05) is 6.92 Å². The molecule has 0 heterocycles. The van der Waals surface area contributed by atoms with Crippen LogP contribution in [0.1, 0.15) is 5.56 Å². The maximum Gasteiger partial charge on any atom is 0.409 e. The number of sulfone groups is 1. The predicted molar refractivity (Wildman–Crippen MR) is 73.3 cm³/mol. The third kappa shape index (κ3) is 2.97. The van der Waals surface area contributed by atoms with E-state index in [1.165, 1.54) is 24.3 Å². The molecule has 104 valence electrons. The molecule has 0 fully saturated rings. The number of rotatable bonds is 3. The van der Waals surface area contributed by atoms with Crippen molar-refractivity contribution in [3.8, 4) is 5.75 Å². The van der Waals surface area contributed by atoms with Crippen LogP contribution >= 0.6 is 0 Å². The van der Waals surface area contributed by atoms with Gasteiger partial charge in [0.05, 0.1) is 9.79 Å². The van der Waals surface area contributed by atoms with Crippen molar-refractivity contribution in [3.05, 3.63) is 54.1 Å². The summed E-state index contributed by atoms with van der Waals surface area (Å²) in [5.74, 6) is 0.195. The molecule has 0 atom stereocenters. The van der Waals surface area contributed by atoms with Crippen LogP contribution in [0.4, 0.5) is 4.79 Å². The fourth-order valence-electron chi connectivity index (χ4n) is 1.66. The molecule has 2 N–H and O–H groups in total. The van der Waals surface area contributed by atoms with Crippen LogP contribution in [0, 0.1) is 6.92 Å². The lowest BCUT2D eigenvalue weighted by Crippen LogP contribution is -2.16. The van der Waals surface area contributed by atoms with Crippen molar-refractivity contribution in [2.45, 2.75) is 16.7 Å². The molecule has 0 saturated heterocycles. The SMILES string of the molecule is Cc1ccc(S(=O)(=O)c2ccc(OC(N)=O)cc2)cc1. The number of primary amides is 1. The van der Waals surface area contributed by atoms with E-state index in [0.29, 0.717) is 0 Å². The highest BCUT2D eigenvalue weighted by molar-refractivity contribution is 7.91. The summed E-state index contributed by atoms with van der Waals surface area (Å²) in [6.07, 6.45) is -0.945. The molecule has 0 aliphatic heterocycles. The Balaban J connectivity index is 2.34. The minimum atomic E-state index is -3.57. The molecule has 2 aromatic rings. The fraction of sp³-hybridized carbons (Fsp3) is 0.0714. The van der Waals surface area contributed by atoms with Gasteiger partial charge in [-0.1, -0.05) is 17.7 Å². The Bertz CT molecular complexity index is 719. The predicted octanol–water partition coefficient (Wildman–Crippen LogP) is 2.29. The summed E-state index contributed by atoms with van der Waals surface area (Å²) in [6, 6.07) is 12.1. The van der Waals surface area contributed by atoms with Crippen LogP contribution in [-0.4, -0.2) is 14.5 Å². The maximum absolute atomic E-state index is 12.3. The average Bonchev–Trinajstić information content (AvgIpc) is 2.39. The molecule has 0 aromatic heterocycles. The van der Waals surface area contributed by atoms with Crippen LogP contribution in [0.15, 0.2) is 58.3 Å². The molecule has 2 aromatic carbocycles. The molecule has 0 bridgehead atoms. The summed E-state index contributed by atoms with van der Waals surface area (Å²) in [6.45, 7) is 1.88. The van der Waals surface area contributed by atoms with Gasteiger partial charge in [0.1, 0.15) is 5.75 Å². The van der Waals surface area contributed by atoms with Gasteiger partial charge in [-0.05, 0) is 43.3 Å². The fourth-order valence-corrected chi connectivity index (χ4v) is 2.92. The smallest absolute Gasteiger partial charge is 0.409 e. The van der Waals surface area contributed by atoms with Gasteiger partial charge >= 0.3 is 6.09 Å². The molecule has 2 rings (SSSR count). The lowest BCUT2D eigenvalue weighted by Gasteiger charge is -2.06. The van der Waals surface area contributed by atoms with Gasteiger partial charge in [0.2, 0.25) is 9.84 Å². The summed E-state index contributed by atoms with van der Waals surface area (Å²) in [5.41, 5.74) is 5.85. The first-order valence-corrected chi connectivity index (χ1v) is 7.27. The summed E-state index contributed by atoms with van der Waals surface area (Å²) in [5, 5.41) is 0. The number of ether oxygens (including phenoxy) is 1. The normalized spacial score (nSPS) is 11.1. The van der Waals surface area contributed by atoms with Gasteiger partial charge in [0.15, 0.2) is 0 Å². The quantitative estimate of drug-likeness (QED) is 0.940. The largest absolute Gasteiger partial charge is 0.411 e. The van der Waals surface area contributed by atoms with Crippen molar-refractivity contribution >= 4 is 15.9 Å². The summed E-state index contributed by atoms with van der Waals surface area (Å²) in [4.78, 5) is 10.9. The lowest BCUT2D eigenvalue weighted by atomic mass is 10.2. The molecule has 0 radical (unpaired) electrons. The monoisotopic (exact) mass is 291 g/mol. The first kappa shape index (κ1) is 14.1. The molecule has 6 heteroatoms. The molecule has 5 nitrogen and oxygen atoms in total. The van der Waals surface area contributed by atoms with Crippen molar-refractivity contribution in [1.29, 1.82) is 0 Å². The molecule has 0 aliphatic rings. The molecule has 1 amide bonds. The van der Waals surface area contributed by atoms with Gasteiger partial charge in [0.25, 0.3) is 0 Å². The minimum Gasteiger partial charge on any atom is -0.411 e. The van der Waals surface area contributed by atoms with Crippen LogP contribution in [0.2, 0.25) is 0 Å². The van der Waals surface area contributed by atoms with Crippen molar-refractivity contribution in [3.63, 3.8) is 0 Å². The van der Waals surface area contributed by atoms with E-state index in [0.717, 1.165) is 5.56 Å². The van der Waals surface area contributed by atoms with Gasteiger partial charge in [0, 0.05) is 0 Å². The first-order chi connectivity index (χ1) is 9.39. The molecule has 0 saturated carbocycles. The van der Waals surface area contributed by atoms with Crippen molar-refractivity contribution in [1.82, 2.24) is 0 Å². The van der Waals surface area contributed by atoms with E-state index in [9.17, 15) is 13.2 Å². The topological polar surface area (TPSA) is 86.5 Å². The number of benzene rings is 2. The molecule has 0 spiro atoms. The molecular weight excluding hydrogens is 278 g/mol. The molecule has 20 heavy (non-hydrogen) atoms. The third-order valence-electron chi connectivity index (χ3n) is 2.68. The zero-order valence-electron chi connectivity index (χ0n) is 10.7. The van der Waals surface area contributed by atoms with E-state index >= 15 is 0 Å². The van der Waals surface area contributed by atoms with Crippen LogP contribution in [0.25, 0.3) is 0 Å². The van der Waals surface area contributed by atoms with E-state index in [1.54, 1.807) is 24.3 Å². The van der Waals surface area contributed by atoms with Crippen molar-refractivity contribution in [2.75, 3.05) is 0 Å². The Morgan fingerprint density at radius 1 is 0.950 bits per heavy atom. The van der Waals surface area contributed by atoms with Gasteiger partial charge in [-0.15, -0.1) is 0 Å². The highest BCUT2D eigenvalue weighted by atomic mass is 32.2. The Kier molecular flexibility index (Phi) is 3.76. The highest BCUT2D eigenvalue weighted by Gasteiger charge is 2.17. The number of amides is 1. The molecule has 0 aliphatic carbocycles. The van der Waals surface area contributed by atoms with Crippen LogP contribution in [0.5, 0.6) is 5.75 Å². The van der Waals surface area contributed by atoms with Gasteiger partial charge in [-0.25, -0.2) is 13.2 Å². The van der Waals surface area contributed by atoms with Crippen molar-refractivity contribution < 1.29 is 17.9 Å². The molecular formula is C14H13NO4S. The number of aryl methyl sites for hydroxylation is 1. The maximum atomic E-state index is 12.3. The summed E-state index contributed by atoms with van der Waals surface area (Å²) >= 11 is 0. The first-order valence-electron chi connectivity index (χ1n) is 5.79. The highest BCUT2D eigenvalue weighted by Crippen LogP contribution is 2.23. The van der Waals surface area contributed by atoms with E-state index in [-0.39, 0.29) is 15.5 Å². The molecule has 0 unspecified atom stereocenters. The third-order valence-corrected chi connectivity index (χ3v) is 4.47. The summed E-state index contributed by atoms with van der Waals surface area (Å²) < 4.78 is 29.3. The second-order valence-corrected chi connectivity index (χ2v) is 6.16. The number of carbonyl (C=O) groups is 1. The van der Waals surface area contributed by atoms with E-state index < -0.39 is 15.9 Å². The Labute approximate surface area is 116 Å². The number of hydrogen-bond donors (Lipinski definition) is 1. The lowest BCUT2D eigenvalue weighted by molar-refractivity contribution is 0.211. The average molecular weight is 291 g/mol. The Morgan fingerprint density at radius 2 is 1.40 bits per heavy atom. The second kappa shape index (κ2) is 5.34. The standard InChI is InChI=1S/C14H13NO4S/c1-10-2-6-12(7-3-10)20(17,18)13-8-4-11(5-9-13)19-14(15)16/h2-9H,1H3,(H2,15,16). The van der Waals surface area contributed by atoms with E-state index in [4.69, 9.17) is 5.73 Å². The van der Waals surface area contributed by atoms with Gasteiger partial charge in [-0.3, -0.25) is 0 Å². The Hall–Kier alpha value is -2.34. The van der Waals surface area contributed by atoms with Crippen LogP contribution in [0.3, 0.4) is 0 Å². The van der Waals surface area contributed by atoms with Gasteiger partial charge in [-0.2, -0.15) is 0 Å². The van der Waals surface area contributed by atoms with E-state index in [2.05, 4.69) is 4.74 Å². The van der Waals surface area contributed by atoms with Gasteiger partial charge < -0.3 is 10.5 Å². The second-order valence-electron chi connectivity index (χ2n) is 4.21. The number of hydrogen-bond acceptors (Lipinski definition) is 4. The number of carbonyl (C=O) groups excluding carboxylic acids is 1. The van der Waals surface area contributed by atoms with Crippen molar-refractivity contribution in [2.24, 2.45) is 5.73 Å². The minimum absolute atomic E-state index is 0.123. The zero-order valence-corrected chi connectivity index (χ0v) is 11.6. The van der Waals surface area contributed by atoms with Crippen LogP contribution < -0.4 is 10.5 Å². The summed E-state index contributed by atoms with van der Waals surface area (Å²) in [7, 11) is -3.57. The van der Waals surface area contributed by atoms with Crippen LogP contribution in [-0.2, 0) is 9.84 Å².